The second kappa shape index (κ2) is 5.19. The Balaban J connectivity index is 2.26. The van der Waals surface area contributed by atoms with E-state index in [9.17, 15) is 9.90 Å². The van der Waals surface area contributed by atoms with E-state index in [0.717, 1.165) is 12.8 Å². The lowest BCUT2D eigenvalue weighted by atomic mass is 9.96. The van der Waals surface area contributed by atoms with Crippen LogP contribution in [0.4, 0.5) is 0 Å². The van der Waals surface area contributed by atoms with E-state index in [2.05, 4.69) is 13.8 Å². The Morgan fingerprint density at radius 2 is 1.94 bits per heavy atom. The molecule has 1 aromatic rings. The van der Waals surface area contributed by atoms with Gasteiger partial charge in [-0.15, -0.1) is 0 Å². The van der Waals surface area contributed by atoms with E-state index in [1.165, 1.54) is 18.6 Å². The molecule has 0 radical (unpaired) electrons. The Kier molecular flexibility index (Phi) is 3.81. The van der Waals surface area contributed by atoms with Crippen molar-refractivity contribution in [2.75, 3.05) is 0 Å². The molecule has 1 fully saturated rings. The lowest BCUT2D eigenvalue weighted by molar-refractivity contribution is 0.0511. The predicted octanol–water partition coefficient (Wildman–Crippen LogP) is 3.45. The summed E-state index contributed by atoms with van der Waals surface area (Å²) in [6.45, 7) is 4.16. The number of rotatable bonds is 1. The average molecular weight is 268 g/mol. The molecule has 0 bridgehead atoms. The summed E-state index contributed by atoms with van der Waals surface area (Å²) in [6.07, 6.45) is 3.26. The minimum absolute atomic E-state index is 0.00315. The van der Waals surface area contributed by atoms with Gasteiger partial charge in [-0.1, -0.05) is 11.6 Å². The first-order valence-electron chi connectivity index (χ1n) is 6.32. The number of hydrogen-bond donors (Lipinski definition) is 1. The van der Waals surface area contributed by atoms with Crippen molar-refractivity contribution in [1.29, 1.82) is 0 Å². The molecule has 0 spiro atoms. The second-order valence-corrected chi connectivity index (χ2v) is 5.41. The van der Waals surface area contributed by atoms with E-state index in [1.54, 1.807) is 6.07 Å². The molecule has 2 atom stereocenters. The molecular formula is C14H18ClNO2. The molecule has 1 N–H and O–H groups in total. The lowest BCUT2D eigenvalue weighted by Crippen LogP contribution is -2.47. The van der Waals surface area contributed by atoms with Crippen molar-refractivity contribution in [2.45, 2.75) is 45.2 Å². The first-order chi connectivity index (χ1) is 8.50. The van der Waals surface area contributed by atoms with Crippen LogP contribution in [0.3, 0.4) is 0 Å². The number of carbonyl (C=O) groups is 1. The number of nitrogens with zero attached hydrogens (tertiary/aromatic N) is 1. The van der Waals surface area contributed by atoms with Crippen molar-refractivity contribution in [3.05, 3.63) is 28.8 Å². The van der Waals surface area contributed by atoms with Gasteiger partial charge in [-0.3, -0.25) is 4.79 Å². The summed E-state index contributed by atoms with van der Waals surface area (Å²) in [5.41, 5.74) is 0.540. The maximum Gasteiger partial charge on any atom is 0.254 e. The largest absolute Gasteiger partial charge is 0.506 e. The van der Waals surface area contributed by atoms with E-state index in [0.29, 0.717) is 5.56 Å². The summed E-state index contributed by atoms with van der Waals surface area (Å²) in [7, 11) is 0. The number of benzene rings is 1. The molecule has 18 heavy (non-hydrogen) atoms. The summed E-state index contributed by atoms with van der Waals surface area (Å²) in [6, 6.07) is 5.14. The third-order valence-corrected chi connectivity index (χ3v) is 3.93. The molecule has 4 heteroatoms. The lowest BCUT2D eigenvalue weighted by Gasteiger charge is -2.39. The number of piperidine rings is 1. The molecule has 1 amide bonds. The fourth-order valence-electron chi connectivity index (χ4n) is 2.61. The normalized spacial score (nSPS) is 24.1. The molecule has 0 aromatic heterocycles. The van der Waals surface area contributed by atoms with Gasteiger partial charge in [0.2, 0.25) is 0 Å². The van der Waals surface area contributed by atoms with Crippen LogP contribution in [0.15, 0.2) is 18.2 Å². The Hall–Kier alpha value is -1.22. The van der Waals surface area contributed by atoms with Crippen LogP contribution >= 0.6 is 11.6 Å². The summed E-state index contributed by atoms with van der Waals surface area (Å²) in [5, 5.41) is 9.60. The van der Waals surface area contributed by atoms with Gasteiger partial charge in [0.15, 0.2) is 0 Å². The summed E-state index contributed by atoms with van der Waals surface area (Å²) in [4.78, 5) is 14.4. The maximum atomic E-state index is 12.5. The van der Waals surface area contributed by atoms with Gasteiger partial charge < -0.3 is 10.0 Å². The van der Waals surface area contributed by atoms with E-state index in [1.807, 2.05) is 4.90 Å². The van der Waals surface area contributed by atoms with E-state index < -0.39 is 0 Å². The Labute approximate surface area is 112 Å². The van der Waals surface area contributed by atoms with Crippen molar-refractivity contribution in [3.8, 4) is 5.75 Å². The van der Waals surface area contributed by atoms with Crippen molar-refractivity contribution in [3.63, 3.8) is 0 Å². The molecular weight excluding hydrogens is 250 g/mol. The minimum atomic E-state index is -0.00315. The number of amides is 1. The molecule has 3 nitrogen and oxygen atoms in total. The number of aromatic hydroxyl groups is 1. The molecule has 0 aliphatic carbocycles. The molecule has 1 heterocycles. The molecule has 2 unspecified atom stereocenters. The van der Waals surface area contributed by atoms with Gasteiger partial charge >= 0.3 is 0 Å². The monoisotopic (exact) mass is 267 g/mol. The highest BCUT2D eigenvalue weighted by molar-refractivity contribution is 6.32. The van der Waals surface area contributed by atoms with Gasteiger partial charge in [0.05, 0.1) is 5.02 Å². The SMILES string of the molecule is CC1CCCC(C)N1C(=O)c1ccc(O)c(Cl)c1. The number of carbonyl (C=O) groups excluding carboxylic acids is 1. The van der Waals surface area contributed by atoms with Crippen LogP contribution in [-0.2, 0) is 0 Å². The van der Waals surface area contributed by atoms with Crippen LogP contribution < -0.4 is 0 Å². The summed E-state index contributed by atoms with van der Waals surface area (Å²) in [5.74, 6) is 0.00422. The van der Waals surface area contributed by atoms with Crippen molar-refractivity contribution < 1.29 is 9.90 Å². The van der Waals surface area contributed by atoms with Crippen LogP contribution in [0, 0.1) is 0 Å². The first-order valence-corrected chi connectivity index (χ1v) is 6.69. The van der Waals surface area contributed by atoms with Crippen molar-refractivity contribution in [1.82, 2.24) is 4.90 Å². The molecule has 0 saturated carbocycles. The van der Waals surface area contributed by atoms with Crippen LogP contribution in [0.25, 0.3) is 0 Å². The van der Waals surface area contributed by atoms with Gasteiger partial charge in [-0.2, -0.15) is 0 Å². The van der Waals surface area contributed by atoms with Crippen LogP contribution in [0.1, 0.15) is 43.5 Å². The fraction of sp³-hybridized carbons (Fsp3) is 0.500. The standard InChI is InChI=1S/C14H18ClNO2/c1-9-4-3-5-10(2)16(9)14(18)11-6-7-13(17)12(15)8-11/h6-10,17H,3-5H2,1-2H3. The van der Waals surface area contributed by atoms with Crippen molar-refractivity contribution in [2.24, 2.45) is 0 Å². The zero-order valence-electron chi connectivity index (χ0n) is 10.7. The number of phenols is 1. The quantitative estimate of drug-likeness (QED) is 0.847. The first kappa shape index (κ1) is 13.2. The molecule has 1 aliphatic rings. The number of likely N-dealkylation sites (tertiary alicyclic amines) is 1. The molecule has 1 aromatic carbocycles. The van der Waals surface area contributed by atoms with Crippen LogP contribution in [-0.4, -0.2) is 28.0 Å². The Bertz CT molecular complexity index is 451. The highest BCUT2D eigenvalue weighted by Gasteiger charge is 2.29. The zero-order valence-corrected chi connectivity index (χ0v) is 11.4. The van der Waals surface area contributed by atoms with E-state index >= 15 is 0 Å². The van der Waals surface area contributed by atoms with Gasteiger partial charge in [0, 0.05) is 17.6 Å². The Morgan fingerprint density at radius 3 is 2.50 bits per heavy atom. The minimum Gasteiger partial charge on any atom is -0.506 e. The van der Waals surface area contributed by atoms with E-state index in [4.69, 9.17) is 11.6 Å². The predicted molar refractivity (Wildman–Crippen MR) is 72.1 cm³/mol. The number of phenolic OH excluding ortho intramolecular Hbond substituents is 1. The topological polar surface area (TPSA) is 40.5 Å². The van der Waals surface area contributed by atoms with Gasteiger partial charge in [-0.25, -0.2) is 0 Å². The van der Waals surface area contributed by atoms with Gasteiger partial charge in [0.1, 0.15) is 5.75 Å². The second-order valence-electron chi connectivity index (χ2n) is 5.01. The van der Waals surface area contributed by atoms with Crippen LogP contribution in [0.5, 0.6) is 5.75 Å². The third-order valence-electron chi connectivity index (χ3n) is 3.62. The van der Waals surface area contributed by atoms with Gasteiger partial charge in [-0.05, 0) is 51.3 Å². The zero-order chi connectivity index (χ0) is 13.3. The maximum absolute atomic E-state index is 12.5. The number of halogens is 1. The average Bonchev–Trinajstić information content (AvgIpc) is 2.32. The van der Waals surface area contributed by atoms with E-state index in [-0.39, 0.29) is 28.8 Å². The smallest absolute Gasteiger partial charge is 0.254 e. The summed E-state index contributed by atoms with van der Waals surface area (Å²) < 4.78 is 0. The Morgan fingerprint density at radius 1 is 1.33 bits per heavy atom. The number of hydrogen-bond acceptors (Lipinski definition) is 2. The highest BCUT2D eigenvalue weighted by Crippen LogP contribution is 2.28. The fourth-order valence-corrected chi connectivity index (χ4v) is 2.79. The van der Waals surface area contributed by atoms with Crippen LogP contribution in [0.2, 0.25) is 5.02 Å². The van der Waals surface area contributed by atoms with Gasteiger partial charge in [0.25, 0.3) is 5.91 Å². The third kappa shape index (κ3) is 2.46. The highest BCUT2D eigenvalue weighted by atomic mass is 35.5. The molecule has 1 saturated heterocycles. The molecule has 2 rings (SSSR count). The molecule has 1 aliphatic heterocycles. The summed E-state index contributed by atoms with van der Waals surface area (Å²) >= 11 is 5.85. The molecule has 98 valence electrons. The van der Waals surface area contributed by atoms with Crippen molar-refractivity contribution >= 4 is 17.5 Å².